The van der Waals surface area contributed by atoms with Gasteiger partial charge < -0.3 is 20.4 Å². The molecule has 0 heterocycles. The minimum atomic E-state index is -0.714. The fraction of sp³-hybridized carbons (Fsp3) is 0.636. The van der Waals surface area contributed by atoms with Gasteiger partial charge in [-0.2, -0.15) is 0 Å². The van der Waals surface area contributed by atoms with E-state index in [-0.39, 0.29) is 45.3 Å². The maximum atomic E-state index is 12.1. The summed E-state index contributed by atoms with van der Waals surface area (Å²) in [5.74, 6) is -0.800. The second-order valence-corrected chi connectivity index (χ2v) is 19.6. The van der Waals surface area contributed by atoms with Crippen LogP contribution in [0.2, 0.25) is 0 Å². The lowest BCUT2D eigenvalue weighted by Crippen LogP contribution is -2.37. The van der Waals surface area contributed by atoms with E-state index in [0.29, 0.717) is 25.7 Å². The number of fused-ring (bicyclic) bond motifs is 8. The molecule has 0 aliphatic heterocycles. The highest BCUT2D eigenvalue weighted by molar-refractivity contribution is 5.45. The van der Waals surface area contributed by atoms with Gasteiger partial charge in [-0.15, -0.1) is 0 Å². The van der Waals surface area contributed by atoms with Crippen molar-refractivity contribution in [2.75, 3.05) is 0 Å². The molecule has 4 nitrogen and oxygen atoms in total. The normalized spacial score (nSPS) is 33.7. The largest absolute Gasteiger partial charge is 0.388 e. The molecule has 1 fully saturated rings. The zero-order chi connectivity index (χ0) is 35.7. The average Bonchev–Trinajstić information content (AvgIpc) is 2.93. The van der Waals surface area contributed by atoms with Crippen molar-refractivity contribution in [2.24, 2.45) is 45.3 Å². The lowest BCUT2D eigenvalue weighted by molar-refractivity contribution is 0.108. The van der Waals surface area contributed by atoms with Crippen molar-refractivity contribution < 1.29 is 20.4 Å². The lowest BCUT2D eigenvalue weighted by Gasteiger charge is -2.40. The molecule has 5 aliphatic rings. The third-order valence-corrected chi connectivity index (χ3v) is 11.4. The second-order valence-electron chi connectivity index (χ2n) is 19.6. The highest BCUT2D eigenvalue weighted by atomic mass is 16.3. The molecule has 1 saturated carbocycles. The van der Waals surface area contributed by atoms with E-state index in [2.05, 4.69) is 132 Å². The van der Waals surface area contributed by atoms with Gasteiger partial charge in [-0.1, -0.05) is 132 Å². The fourth-order valence-corrected chi connectivity index (χ4v) is 8.08. The van der Waals surface area contributed by atoms with Gasteiger partial charge in [-0.05, 0) is 91.9 Å². The van der Waals surface area contributed by atoms with E-state index in [0.717, 1.165) is 22.3 Å². The van der Waals surface area contributed by atoms with Gasteiger partial charge >= 0.3 is 0 Å². The van der Waals surface area contributed by atoms with Gasteiger partial charge in [0, 0.05) is 23.7 Å². The first-order valence-electron chi connectivity index (χ1n) is 18.4. The fourth-order valence-electron chi connectivity index (χ4n) is 8.08. The van der Waals surface area contributed by atoms with Gasteiger partial charge in [-0.25, -0.2) is 0 Å². The Bertz CT molecular complexity index is 1290. The molecule has 0 aromatic heterocycles. The summed E-state index contributed by atoms with van der Waals surface area (Å²) in [6, 6.07) is 0. The molecular formula is C44H64O4. The quantitative estimate of drug-likeness (QED) is 0.210. The van der Waals surface area contributed by atoms with Crippen LogP contribution in [-0.4, -0.2) is 44.8 Å². The molecule has 5 aliphatic carbocycles. The standard InChI is InChI=1S/C44H64O4/c1-41(2,3)33-17-25-13-27-19-34(42(4,5)6)21-29(38(27)46)15-31-23-36(44(10,11)12)24-32(40(31)48)16-30-22-35(43(7,8)9)20-28(39(30)47)14-26(18-33)37(25)45/h17-25,28-29,32,37-40,45-48H,13-16H2,1-12H3. The highest BCUT2D eigenvalue weighted by Crippen LogP contribution is 2.47. The maximum Gasteiger partial charge on any atom is 0.0819 e. The minimum Gasteiger partial charge on any atom is -0.388 e. The summed E-state index contributed by atoms with van der Waals surface area (Å²) in [5.41, 5.74) is 8.04. The molecule has 0 aromatic rings. The zero-order valence-corrected chi connectivity index (χ0v) is 31.9. The van der Waals surface area contributed by atoms with E-state index in [1.54, 1.807) is 0 Å². The van der Waals surface area contributed by atoms with Crippen LogP contribution in [0.25, 0.3) is 0 Å². The van der Waals surface area contributed by atoms with E-state index in [4.69, 9.17) is 0 Å². The molecular weight excluding hydrogens is 592 g/mol. The Morgan fingerprint density at radius 2 is 0.521 bits per heavy atom. The molecule has 4 N–H and O–H groups in total. The molecule has 4 heteroatoms. The van der Waals surface area contributed by atoms with Gasteiger partial charge in [-0.3, -0.25) is 0 Å². The predicted molar refractivity (Wildman–Crippen MR) is 199 cm³/mol. The Balaban J connectivity index is 1.70. The molecule has 0 radical (unpaired) electrons. The Morgan fingerprint density at radius 1 is 0.354 bits per heavy atom. The van der Waals surface area contributed by atoms with Crippen LogP contribution < -0.4 is 0 Å². The van der Waals surface area contributed by atoms with E-state index >= 15 is 0 Å². The maximum absolute atomic E-state index is 12.1. The van der Waals surface area contributed by atoms with Crippen molar-refractivity contribution in [3.8, 4) is 0 Å². The van der Waals surface area contributed by atoms with Gasteiger partial charge in [0.05, 0.1) is 24.4 Å². The van der Waals surface area contributed by atoms with Crippen molar-refractivity contribution in [3.63, 3.8) is 0 Å². The van der Waals surface area contributed by atoms with Crippen LogP contribution in [0.1, 0.15) is 109 Å². The Kier molecular flexibility index (Phi) is 9.89. The van der Waals surface area contributed by atoms with Crippen molar-refractivity contribution in [1.82, 2.24) is 0 Å². The molecule has 0 aromatic carbocycles. The average molecular weight is 657 g/mol. The van der Waals surface area contributed by atoms with Gasteiger partial charge in [0.1, 0.15) is 0 Å². The van der Waals surface area contributed by atoms with E-state index in [9.17, 15) is 20.4 Å². The number of rotatable bonds is 0. The summed E-state index contributed by atoms with van der Waals surface area (Å²) in [4.78, 5) is 0. The van der Waals surface area contributed by atoms with Crippen LogP contribution in [0.5, 0.6) is 0 Å². The smallest absolute Gasteiger partial charge is 0.0819 e. The number of hydrogen-bond donors (Lipinski definition) is 4. The summed E-state index contributed by atoms with van der Waals surface area (Å²) >= 11 is 0. The van der Waals surface area contributed by atoms with Crippen LogP contribution in [0, 0.1) is 45.3 Å². The first kappa shape index (κ1) is 37.0. The minimum absolute atomic E-state index is 0.122. The molecule has 5 rings (SSSR count). The van der Waals surface area contributed by atoms with Crippen molar-refractivity contribution >= 4 is 0 Å². The van der Waals surface area contributed by atoms with Crippen molar-refractivity contribution in [2.45, 2.75) is 133 Å². The molecule has 0 saturated heterocycles. The van der Waals surface area contributed by atoms with E-state index in [1.807, 2.05) is 0 Å². The van der Waals surface area contributed by atoms with Crippen LogP contribution in [-0.2, 0) is 0 Å². The van der Waals surface area contributed by atoms with Crippen molar-refractivity contribution in [1.29, 1.82) is 0 Å². The predicted octanol–water partition coefficient (Wildman–Crippen LogP) is 9.12. The van der Waals surface area contributed by atoms with Gasteiger partial charge in [0.25, 0.3) is 0 Å². The van der Waals surface area contributed by atoms with E-state index < -0.39 is 24.4 Å². The van der Waals surface area contributed by atoms with Crippen LogP contribution >= 0.6 is 0 Å². The molecule has 8 bridgehead atoms. The summed E-state index contributed by atoms with van der Waals surface area (Å²) in [7, 11) is 0. The molecule has 264 valence electrons. The number of allylic oxidation sites excluding steroid dienone is 8. The van der Waals surface area contributed by atoms with Crippen LogP contribution in [0.4, 0.5) is 0 Å². The number of aliphatic hydroxyl groups excluding tert-OH is 4. The molecule has 8 unspecified atom stereocenters. The van der Waals surface area contributed by atoms with Crippen LogP contribution in [0.3, 0.4) is 0 Å². The van der Waals surface area contributed by atoms with E-state index in [1.165, 1.54) is 22.3 Å². The molecule has 8 atom stereocenters. The molecule has 0 amide bonds. The topological polar surface area (TPSA) is 80.9 Å². The Morgan fingerprint density at radius 3 is 0.667 bits per heavy atom. The first-order valence-corrected chi connectivity index (χ1v) is 18.4. The van der Waals surface area contributed by atoms with Crippen LogP contribution in [0.15, 0.2) is 93.2 Å². The monoisotopic (exact) mass is 656 g/mol. The third kappa shape index (κ3) is 7.73. The second kappa shape index (κ2) is 12.8. The summed E-state index contributed by atoms with van der Waals surface area (Å²) < 4.78 is 0. The van der Waals surface area contributed by atoms with Gasteiger partial charge in [0.15, 0.2) is 0 Å². The Labute approximate surface area is 291 Å². The number of aliphatic hydroxyl groups is 4. The number of hydrogen-bond acceptors (Lipinski definition) is 4. The van der Waals surface area contributed by atoms with Gasteiger partial charge in [0.2, 0.25) is 0 Å². The summed E-state index contributed by atoms with van der Waals surface area (Å²) in [5, 5.41) is 48.3. The Hall–Kier alpha value is -2.24. The first-order chi connectivity index (χ1) is 21.9. The summed E-state index contributed by atoms with van der Waals surface area (Å²) in [6.07, 6.45) is 16.9. The lowest BCUT2D eigenvalue weighted by atomic mass is 9.67. The van der Waals surface area contributed by atoms with Crippen molar-refractivity contribution in [3.05, 3.63) is 93.2 Å². The SMILES string of the molecule is CC(C)(C)C1=CC2CC3=CC(C(C)(C)C)=CC(CC4=CC(C(C)(C)C)=CC(CC5=CC(C(C)(C)C)=CC(CC(=C1)C2O)C5O)C4O)C3O. The summed E-state index contributed by atoms with van der Waals surface area (Å²) in [6.45, 7) is 26.5. The molecule has 0 spiro atoms. The molecule has 48 heavy (non-hydrogen) atoms. The third-order valence-electron chi connectivity index (χ3n) is 11.4. The highest BCUT2D eigenvalue weighted by Gasteiger charge is 2.40. The zero-order valence-electron chi connectivity index (χ0n) is 31.9.